The van der Waals surface area contributed by atoms with Crippen molar-refractivity contribution in [3.05, 3.63) is 23.8 Å². The minimum Gasteiger partial charge on any atom is -0.392 e. The first-order valence-corrected chi connectivity index (χ1v) is 4.04. The van der Waals surface area contributed by atoms with Crippen LogP contribution in [0.4, 0.5) is 0 Å². The topological polar surface area (TPSA) is 75.6 Å². The molecule has 0 spiro atoms. The number of aryl methyl sites for hydroxylation is 1. The normalized spacial score (nSPS) is 11.7. The summed E-state index contributed by atoms with van der Waals surface area (Å²) in [5.41, 5.74) is 5.94. The zero-order valence-electron chi connectivity index (χ0n) is 7.06. The van der Waals surface area contributed by atoms with Crippen LogP contribution < -0.4 is 5.73 Å². The monoisotopic (exact) mass is 192 g/mol. The van der Waals surface area contributed by atoms with Gasteiger partial charge in [0.15, 0.2) is 0 Å². The maximum atomic E-state index is 8.76. The van der Waals surface area contributed by atoms with Crippen LogP contribution in [0.15, 0.2) is 12.3 Å². The smallest absolute Gasteiger partial charge is 0.138 e. The van der Waals surface area contributed by atoms with E-state index in [0.29, 0.717) is 11.5 Å². The second-order valence-corrected chi connectivity index (χ2v) is 2.96. The minimum absolute atomic E-state index is 0.139. The van der Waals surface area contributed by atoms with E-state index in [9.17, 15) is 0 Å². The zero-order valence-corrected chi connectivity index (χ0v) is 7.88. The van der Waals surface area contributed by atoms with Crippen molar-refractivity contribution in [2.24, 2.45) is 5.73 Å². The molecule has 0 radical (unpaired) electrons. The Kier molecular flexibility index (Phi) is 2.88. The summed E-state index contributed by atoms with van der Waals surface area (Å²) in [6.07, 6.45) is 1.58. The second kappa shape index (κ2) is 3.92. The van der Waals surface area contributed by atoms with E-state index >= 15 is 0 Å². The van der Waals surface area contributed by atoms with E-state index in [1.165, 1.54) is 0 Å². The second-order valence-electron chi connectivity index (χ2n) is 2.49. The molecule has 1 rings (SSSR count). The fraction of sp³-hybridized carbons (Fsp3) is 0.250. The van der Waals surface area contributed by atoms with Crippen LogP contribution in [0.2, 0.25) is 0 Å². The van der Waals surface area contributed by atoms with Gasteiger partial charge in [-0.3, -0.25) is 0 Å². The molecule has 0 saturated carbocycles. The molecular weight excluding hydrogens is 184 g/mol. The lowest BCUT2D eigenvalue weighted by molar-refractivity contribution is 0.954. The lowest BCUT2D eigenvalue weighted by Gasteiger charge is -2.05. The average molecular weight is 192 g/mol. The van der Waals surface area contributed by atoms with Crippen LogP contribution in [0.25, 0.3) is 0 Å². The van der Waals surface area contributed by atoms with Gasteiger partial charge in [0.2, 0.25) is 0 Å². The fourth-order valence-electron chi connectivity index (χ4n) is 0.911. The molecule has 0 aliphatic heterocycles. The summed E-state index contributed by atoms with van der Waals surface area (Å²) < 4.78 is 0. The number of hydrogen-bond donors (Lipinski definition) is 1. The molecule has 66 valence electrons. The van der Waals surface area contributed by atoms with Gasteiger partial charge in [-0.15, -0.1) is 0 Å². The van der Waals surface area contributed by atoms with Crippen LogP contribution in [0, 0.1) is 18.3 Å². The predicted molar refractivity (Wildman–Crippen MR) is 51.9 cm³/mol. The van der Waals surface area contributed by atoms with E-state index in [-0.39, 0.29) is 4.99 Å². The Labute approximate surface area is 81.4 Å². The van der Waals surface area contributed by atoms with Crippen molar-refractivity contribution in [2.45, 2.75) is 12.8 Å². The maximum Gasteiger partial charge on any atom is 0.138 e. The van der Waals surface area contributed by atoms with Crippen molar-refractivity contribution in [3.8, 4) is 6.07 Å². The first-order chi connectivity index (χ1) is 6.15. The third-order valence-corrected chi connectivity index (χ3v) is 1.74. The molecule has 1 heterocycles. The molecule has 1 aromatic rings. The Morgan fingerprint density at radius 3 is 2.92 bits per heavy atom. The Hall–Kier alpha value is -1.54. The summed E-state index contributed by atoms with van der Waals surface area (Å²) in [4.78, 5) is 8.12. The molecule has 1 atom stereocenters. The fourth-order valence-corrected chi connectivity index (χ4v) is 1.08. The van der Waals surface area contributed by atoms with Gasteiger partial charge in [-0.2, -0.15) is 5.26 Å². The van der Waals surface area contributed by atoms with Crippen LogP contribution in [0.5, 0.6) is 0 Å². The molecule has 2 N–H and O–H groups in total. The SMILES string of the molecule is Cc1nccc(C(C#N)C(N)=S)n1. The lowest BCUT2D eigenvalue weighted by Crippen LogP contribution is -2.19. The van der Waals surface area contributed by atoms with Gasteiger partial charge in [-0.1, -0.05) is 12.2 Å². The molecule has 1 unspecified atom stereocenters. The molecule has 0 aromatic carbocycles. The van der Waals surface area contributed by atoms with Gasteiger partial charge < -0.3 is 5.73 Å². The van der Waals surface area contributed by atoms with Gasteiger partial charge in [0.05, 0.1) is 16.8 Å². The summed E-state index contributed by atoms with van der Waals surface area (Å²) in [6, 6.07) is 3.63. The van der Waals surface area contributed by atoms with Crippen LogP contribution in [0.1, 0.15) is 17.4 Å². The predicted octanol–water partition coefficient (Wildman–Crippen LogP) is 0.678. The highest BCUT2D eigenvalue weighted by Crippen LogP contribution is 2.11. The van der Waals surface area contributed by atoms with Crippen molar-refractivity contribution in [2.75, 3.05) is 0 Å². The Morgan fingerprint density at radius 2 is 2.46 bits per heavy atom. The van der Waals surface area contributed by atoms with Crippen molar-refractivity contribution in [1.82, 2.24) is 9.97 Å². The van der Waals surface area contributed by atoms with Crippen molar-refractivity contribution >= 4 is 17.2 Å². The Bertz CT molecular complexity index is 369. The maximum absolute atomic E-state index is 8.76. The van der Waals surface area contributed by atoms with Crippen LogP contribution in [-0.4, -0.2) is 15.0 Å². The van der Waals surface area contributed by atoms with Gasteiger partial charge in [0.25, 0.3) is 0 Å². The number of aromatic nitrogens is 2. The molecule has 1 aromatic heterocycles. The molecule has 13 heavy (non-hydrogen) atoms. The number of nitrogens with two attached hydrogens (primary N) is 1. The quantitative estimate of drug-likeness (QED) is 0.697. The van der Waals surface area contributed by atoms with Gasteiger partial charge in [-0.05, 0) is 13.0 Å². The first-order valence-electron chi connectivity index (χ1n) is 3.63. The third kappa shape index (κ3) is 2.20. The summed E-state index contributed by atoms with van der Waals surface area (Å²) in [6.45, 7) is 1.75. The van der Waals surface area contributed by atoms with Gasteiger partial charge in [0.1, 0.15) is 11.7 Å². The Balaban J connectivity index is 3.07. The van der Waals surface area contributed by atoms with Gasteiger partial charge in [-0.25, -0.2) is 9.97 Å². The van der Waals surface area contributed by atoms with E-state index in [1.54, 1.807) is 19.2 Å². The zero-order chi connectivity index (χ0) is 9.84. The van der Waals surface area contributed by atoms with E-state index in [1.807, 2.05) is 6.07 Å². The van der Waals surface area contributed by atoms with Crippen molar-refractivity contribution in [1.29, 1.82) is 5.26 Å². The summed E-state index contributed by atoms with van der Waals surface area (Å²) in [5.74, 6) is -0.00861. The first kappa shape index (κ1) is 9.55. The van der Waals surface area contributed by atoms with Crippen LogP contribution in [0.3, 0.4) is 0 Å². The van der Waals surface area contributed by atoms with E-state index in [2.05, 4.69) is 9.97 Å². The number of thiocarbonyl (C=S) groups is 1. The van der Waals surface area contributed by atoms with Crippen LogP contribution >= 0.6 is 12.2 Å². The molecule has 5 heteroatoms. The summed E-state index contributed by atoms with van der Waals surface area (Å²) in [7, 11) is 0. The molecule has 0 amide bonds. The highest BCUT2D eigenvalue weighted by atomic mass is 32.1. The average Bonchev–Trinajstić information content (AvgIpc) is 2.04. The van der Waals surface area contributed by atoms with E-state index < -0.39 is 5.92 Å². The minimum atomic E-state index is -0.614. The standard InChI is InChI=1S/C8H8N4S/c1-5-11-3-2-7(12-5)6(4-9)8(10)13/h2-3,6H,1H3,(H2,10,13). The van der Waals surface area contributed by atoms with E-state index in [4.69, 9.17) is 23.2 Å². The summed E-state index contributed by atoms with van der Waals surface area (Å²) >= 11 is 4.74. The Morgan fingerprint density at radius 1 is 1.77 bits per heavy atom. The van der Waals surface area contributed by atoms with Gasteiger partial charge >= 0.3 is 0 Å². The molecule has 0 bridgehead atoms. The van der Waals surface area contributed by atoms with Crippen molar-refractivity contribution in [3.63, 3.8) is 0 Å². The summed E-state index contributed by atoms with van der Waals surface area (Å²) in [5, 5.41) is 8.76. The highest BCUT2D eigenvalue weighted by molar-refractivity contribution is 7.80. The molecular formula is C8H8N4S. The molecule has 0 aliphatic carbocycles. The lowest BCUT2D eigenvalue weighted by atomic mass is 10.1. The highest BCUT2D eigenvalue weighted by Gasteiger charge is 2.14. The largest absolute Gasteiger partial charge is 0.392 e. The van der Waals surface area contributed by atoms with E-state index in [0.717, 1.165) is 0 Å². The number of hydrogen-bond acceptors (Lipinski definition) is 4. The third-order valence-electron chi connectivity index (χ3n) is 1.51. The molecule has 0 fully saturated rings. The number of nitriles is 1. The molecule has 0 saturated heterocycles. The number of nitrogens with zero attached hydrogens (tertiary/aromatic N) is 3. The number of rotatable bonds is 2. The molecule has 0 aliphatic rings. The van der Waals surface area contributed by atoms with Crippen molar-refractivity contribution < 1.29 is 0 Å². The molecule has 4 nitrogen and oxygen atoms in total. The van der Waals surface area contributed by atoms with Gasteiger partial charge in [0, 0.05) is 6.20 Å². The van der Waals surface area contributed by atoms with Crippen LogP contribution in [-0.2, 0) is 0 Å².